The molecule has 0 unspecified atom stereocenters. The van der Waals surface area contributed by atoms with Gasteiger partial charge in [-0.2, -0.15) is 0 Å². The van der Waals surface area contributed by atoms with Crippen LogP contribution < -0.4 is 0 Å². The van der Waals surface area contributed by atoms with E-state index < -0.39 is 36.9 Å². The number of hydrogen-bond donors (Lipinski definition) is 0. The number of unbranched alkanes of at least 4 members (excludes halogenated alkanes) is 3. The Balaban J connectivity index is 1.41. The van der Waals surface area contributed by atoms with E-state index in [2.05, 4.69) is 130 Å². The molecule has 5 nitrogen and oxygen atoms in total. The zero-order valence-electron chi connectivity index (χ0n) is 32.4. The van der Waals surface area contributed by atoms with Gasteiger partial charge in [0, 0.05) is 0 Å². The molecule has 5 aromatic carbocycles. The number of benzene rings is 5. The first kappa shape index (κ1) is 39.9. The molecular weight excluding hydrogens is 763 g/mol. The quantitative estimate of drug-likeness (QED) is 0.0732. The van der Waals surface area contributed by atoms with Crippen molar-refractivity contribution < 1.29 is 23.7 Å². The summed E-state index contributed by atoms with van der Waals surface area (Å²) in [6, 6.07) is 40.7. The van der Waals surface area contributed by atoms with Crippen LogP contribution in [-0.2, 0) is 43.5 Å². The fourth-order valence-electron chi connectivity index (χ4n) is 8.24. The van der Waals surface area contributed by atoms with Gasteiger partial charge in [-0.1, -0.05) is 0 Å². The molecule has 0 N–H and O–H groups in total. The fourth-order valence-corrected chi connectivity index (χ4v) is 25.9. The maximum absolute atomic E-state index is 7.35. The molecule has 1 aliphatic rings. The summed E-state index contributed by atoms with van der Waals surface area (Å²) in [5.41, 5.74) is 3.39. The predicted octanol–water partition coefficient (Wildman–Crippen LogP) is 11.8. The van der Waals surface area contributed by atoms with Crippen LogP contribution in [0.1, 0.15) is 76.0 Å². The zero-order valence-corrected chi connectivity index (χ0v) is 35.2. The van der Waals surface area contributed by atoms with Crippen LogP contribution in [0.5, 0.6) is 0 Å². The summed E-state index contributed by atoms with van der Waals surface area (Å²) in [4.78, 5) is 0. The Labute approximate surface area is 322 Å². The van der Waals surface area contributed by atoms with Crippen LogP contribution in [0.25, 0.3) is 21.5 Å². The number of fused-ring (bicyclic) bond motifs is 2. The van der Waals surface area contributed by atoms with Crippen LogP contribution in [0, 0.1) is 0 Å². The summed E-state index contributed by atoms with van der Waals surface area (Å²) in [5, 5.41) is 4.89. The van der Waals surface area contributed by atoms with E-state index in [0.717, 1.165) is 16.7 Å². The van der Waals surface area contributed by atoms with E-state index in [0.29, 0.717) is 19.8 Å². The molecule has 5 aromatic rings. The first-order valence-corrected chi connectivity index (χ1v) is 27.8. The summed E-state index contributed by atoms with van der Waals surface area (Å²) in [6.45, 7) is 8.33. The number of ether oxygens (including phenoxy) is 5. The van der Waals surface area contributed by atoms with Crippen LogP contribution in [0.4, 0.5) is 0 Å². The van der Waals surface area contributed by atoms with Crippen molar-refractivity contribution in [3.8, 4) is 0 Å². The van der Waals surface area contributed by atoms with Crippen molar-refractivity contribution in [2.45, 2.75) is 121 Å². The monoisotopic (exact) mass is 824 g/mol. The molecule has 1 aliphatic heterocycles. The Morgan fingerprint density at radius 3 is 1.45 bits per heavy atom. The van der Waals surface area contributed by atoms with E-state index in [-0.39, 0.29) is 10.2 Å². The zero-order chi connectivity index (χ0) is 36.9. The molecule has 1 fully saturated rings. The van der Waals surface area contributed by atoms with Gasteiger partial charge in [0.1, 0.15) is 0 Å². The normalized spacial score (nSPS) is 20.6. The third-order valence-electron chi connectivity index (χ3n) is 11.2. The van der Waals surface area contributed by atoms with Gasteiger partial charge in [-0.3, -0.25) is 0 Å². The third kappa shape index (κ3) is 10.3. The Bertz CT molecular complexity index is 1810. The van der Waals surface area contributed by atoms with Gasteiger partial charge in [-0.25, -0.2) is 0 Å². The van der Waals surface area contributed by atoms with E-state index in [1.807, 2.05) is 6.07 Å². The van der Waals surface area contributed by atoms with Gasteiger partial charge >= 0.3 is 324 Å². The molecule has 0 saturated carbocycles. The molecule has 1 saturated heterocycles. The van der Waals surface area contributed by atoms with E-state index in [9.17, 15) is 0 Å². The molecule has 5 atom stereocenters. The van der Waals surface area contributed by atoms with E-state index in [4.69, 9.17) is 23.7 Å². The maximum atomic E-state index is 7.35. The Morgan fingerprint density at radius 2 is 0.943 bits per heavy atom. The summed E-state index contributed by atoms with van der Waals surface area (Å²) in [6.07, 6.45) is 5.52. The summed E-state index contributed by atoms with van der Waals surface area (Å²) in [5.74, 6) is 0. The molecule has 282 valence electrons. The predicted molar refractivity (Wildman–Crippen MR) is 221 cm³/mol. The van der Waals surface area contributed by atoms with Crippen LogP contribution in [0.2, 0.25) is 13.3 Å². The van der Waals surface area contributed by atoms with Gasteiger partial charge < -0.3 is 0 Å². The Morgan fingerprint density at radius 1 is 0.491 bits per heavy atom. The second kappa shape index (κ2) is 20.2. The van der Waals surface area contributed by atoms with Gasteiger partial charge in [-0.15, -0.1) is 0 Å². The Hall–Kier alpha value is -2.78. The van der Waals surface area contributed by atoms with Gasteiger partial charge in [0.15, 0.2) is 0 Å². The van der Waals surface area contributed by atoms with Crippen LogP contribution in [0.15, 0.2) is 115 Å². The van der Waals surface area contributed by atoms with Crippen LogP contribution in [-0.4, -0.2) is 54.2 Å². The molecule has 6 heteroatoms. The molecule has 0 amide bonds. The molecule has 0 spiro atoms. The van der Waals surface area contributed by atoms with Gasteiger partial charge in [0.25, 0.3) is 0 Å². The molecule has 6 rings (SSSR count). The second-order valence-corrected chi connectivity index (χ2v) is 28.7. The average Bonchev–Trinajstić information content (AvgIpc) is 3.21. The molecule has 1 heterocycles. The topological polar surface area (TPSA) is 46.2 Å². The molecule has 0 aliphatic carbocycles. The minimum atomic E-state index is -3.17. The van der Waals surface area contributed by atoms with Crippen molar-refractivity contribution in [1.29, 1.82) is 0 Å². The first-order valence-electron chi connectivity index (χ1n) is 20.1. The SMILES string of the molecule is CCC[CH2][Sn]([CH2]CCC)([CH2]CCC)[C@H]1O[C@@H](OC)[C@H](OCc2ccccc2)[C@@H](OCc2ccc3ccccc3c2)[C@@H]1OCc1ccc2ccccc2c1. The minimum absolute atomic E-state index is 0.0301. The number of rotatable bonds is 20. The number of methoxy groups -OCH3 is 1. The van der Waals surface area contributed by atoms with Crippen molar-refractivity contribution in [3.05, 3.63) is 132 Å². The second-order valence-electron chi connectivity index (χ2n) is 15.0. The summed E-state index contributed by atoms with van der Waals surface area (Å²) >= 11 is -3.17. The standard InChI is InChI=1S/C35H33O5.3C4H9.Sn/c1-36-35-34(39-21-25-9-3-2-4-10-25)33(38-23-27-16-18-29-12-6-8-14-31(29)20-27)32(24-40-35)37-22-26-15-17-28-11-5-7-13-30(28)19-26;3*1-3-4-2;/h2-20,24,32-35H,21-23H2,1H3;3*1,3-4H2,2H3;/t32-,33+,34-,35-;;;;/m1..../s1. The van der Waals surface area contributed by atoms with E-state index in [1.54, 1.807) is 7.11 Å². The summed E-state index contributed by atoms with van der Waals surface area (Å²) < 4.78 is 38.8. The fraction of sp³-hybridized carbons (Fsp3) is 0.447. The third-order valence-corrected chi connectivity index (χ3v) is 27.5. The van der Waals surface area contributed by atoms with Gasteiger partial charge in [0.05, 0.1) is 0 Å². The van der Waals surface area contributed by atoms with Crippen molar-refractivity contribution in [1.82, 2.24) is 0 Å². The average molecular weight is 824 g/mol. The molecular formula is C47H60O5Sn. The molecule has 0 aromatic heterocycles. The number of hydrogen-bond acceptors (Lipinski definition) is 5. The van der Waals surface area contributed by atoms with Gasteiger partial charge in [-0.05, 0) is 0 Å². The summed E-state index contributed by atoms with van der Waals surface area (Å²) in [7, 11) is 1.76. The first-order chi connectivity index (χ1) is 26.1. The van der Waals surface area contributed by atoms with Crippen LogP contribution in [0.3, 0.4) is 0 Å². The Kier molecular flexibility index (Phi) is 15.2. The van der Waals surface area contributed by atoms with E-state index >= 15 is 0 Å². The molecule has 53 heavy (non-hydrogen) atoms. The van der Waals surface area contributed by atoms with Crippen molar-refractivity contribution in [3.63, 3.8) is 0 Å². The molecule has 0 bridgehead atoms. The van der Waals surface area contributed by atoms with E-state index in [1.165, 1.54) is 73.4 Å². The van der Waals surface area contributed by atoms with Crippen molar-refractivity contribution in [2.24, 2.45) is 0 Å². The van der Waals surface area contributed by atoms with Crippen molar-refractivity contribution >= 4 is 39.9 Å². The molecule has 0 radical (unpaired) electrons. The van der Waals surface area contributed by atoms with Crippen LogP contribution >= 0.6 is 0 Å². The van der Waals surface area contributed by atoms with Gasteiger partial charge in [0.2, 0.25) is 0 Å². The van der Waals surface area contributed by atoms with Crippen molar-refractivity contribution in [2.75, 3.05) is 7.11 Å².